The fourth-order valence-corrected chi connectivity index (χ4v) is 2.35. The molecular weight excluding hydrogens is 311 g/mol. The van der Waals surface area contributed by atoms with Crippen molar-refractivity contribution in [3.63, 3.8) is 0 Å². The smallest absolute Gasteiger partial charge is 0.227 e. The number of rotatable bonds is 5. The van der Waals surface area contributed by atoms with Crippen LogP contribution in [0.2, 0.25) is 0 Å². The first-order valence-electron chi connectivity index (χ1n) is 6.25. The third-order valence-corrected chi connectivity index (χ3v) is 3.66. The Labute approximate surface area is 122 Å². The predicted molar refractivity (Wildman–Crippen MR) is 78.0 cm³/mol. The molecule has 0 heterocycles. The Morgan fingerprint density at radius 3 is 2.63 bits per heavy atom. The van der Waals surface area contributed by atoms with E-state index in [1.54, 1.807) is 19.2 Å². The van der Waals surface area contributed by atoms with Crippen molar-refractivity contribution in [2.24, 2.45) is 17.6 Å². The van der Waals surface area contributed by atoms with E-state index in [9.17, 15) is 9.18 Å². The number of nitrogens with zero attached hydrogens (tertiary/aromatic N) is 1. The maximum atomic E-state index is 13.7. The molecule has 1 aromatic carbocycles. The van der Waals surface area contributed by atoms with Crippen LogP contribution in [0, 0.1) is 17.7 Å². The molecule has 0 radical (unpaired) electrons. The second-order valence-corrected chi connectivity index (χ2v) is 5.93. The van der Waals surface area contributed by atoms with E-state index >= 15 is 0 Å². The van der Waals surface area contributed by atoms with E-state index in [-0.39, 0.29) is 30.1 Å². The molecule has 3 nitrogen and oxygen atoms in total. The number of carbonyl (C=O) groups is 1. The molecule has 0 fully saturated rings. The van der Waals surface area contributed by atoms with E-state index < -0.39 is 0 Å². The van der Waals surface area contributed by atoms with Crippen molar-refractivity contribution in [1.29, 1.82) is 0 Å². The Balaban J connectivity index is 2.81. The standard InChI is InChI=1S/C14H20BrFN2O/c1-9(2)12(7-17)14(19)18(3)8-10-6-11(15)4-5-13(10)16/h4-6,9,12H,7-8,17H2,1-3H3. The number of benzene rings is 1. The molecule has 1 atom stereocenters. The summed E-state index contributed by atoms with van der Waals surface area (Å²) >= 11 is 3.30. The van der Waals surface area contributed by atoms with Crippen molar-refractivity contribution < 1.29 is 9.18 Å². The summed E-state index contributed by atoms with van der Waals surface area (Å²) in [5, 5.41) is 0. The summed E-state index contributed by atoms with van der Waals surface area (Å²) in [7, 11) is 1.67. The lowest BCUT2D eigenvalue weighted by Crippen LogP contribution is -2.39. The fraction of sp³-hybridized carbons (Fsp3) is 0.500. The summed E-state index contributed by atoms with van der Waals surface area (Å²) in [4.78, 5) is 13.8. The number of nitrogens with two attached hydrogens (primary N) is 1. The van der Waals surface area contributed by atoms with Crippen molar-refractivity contribution in [3.8, 4) is 0 Å². The third-order valence-electron chi connectivity index (χ3n) is 3.17. The highest BCUT2D eigenvalue weighted by Gasteiger charge is 2.24. The van der Waals surface area contributed by atoms with Gasteiger partial charge in [-0.2, -0.15) is 0 Å². The molecule has 0 aliphatic heterocycles. The molecule has 19 heavy (non-hydrogen) atoms. The van der Waals surface area contributed by atoms with Crippen molar-refractivity contribution in [3.05, 3.63) is 34.1 Å². The van der Waals surface area contributed by atoms with E-state index in [1.165, 1.54) is 11.0 Å². The maximum Gasteiger partial charge on any atom is 0.227 e. The molecule has 0 spiro atoms. The molecule has 0 aliphatic rings. The van der Waals surface area contributed by atoms with Gasteiger partial charge in [0.15, 0.2) is 0 Å². The molecule has 2 N–H and O–H groups in total. The lowest BCUT2D eigenvalue weighted by molar-refractivity contribution is -0.135. The zero-order chi connectivity index (χ0) is 14.6. The molecule has 0 aromatic heterocycles. The molecular formula is C14H20BrFN2O. The Hall–Kier alpha value is -0.940. The van der Waals surface area contributed by atoms with Crippen molar-refractivity contribution >= 4 is 21.8 Å². The van der Waals surface area contributed by atoms with Gasteiger partial charge in [0, 0.05) is 30.2 Å². The summed E-state index contributed by atoms with van der Waals surface area (Å²) in [6.45, 7) is 4.47. The zero-order valence-corrected chi connectivity index (χ0v) is 13.1. The first-order valence-corrected chi connectivity index (χ1v) is 7.05. The second-order valence-electron chi connectivity index (χ2n) is 5.02. The quantitative estimate of drug-likeness (QED) is 0.902. The third kappa shape index (κ3) is 4.28. The highest BCUT2D eigenvalue weighted by Crippen LogP contribution is 2.19. The van der Waals surface area contributed by atoms with Crippen LogP contribution in [0.5, 0.6) is 0 Å². The zero-order valence-electron chi connectivity index (χ0n) is 11.5. The average molecular weight is 331 g/mol. The Kier molecular flexibility index (Phi) is 5.94. The highest BCUT2D eigenvalue weighted by molar-refractivity contribution is 9.10. The van der Waals surface area contributed by atoms with E-state index in [2.05, 4.69) is 15.9 Å². The highest BCUT2D eigenvalue weighted by atomic mass is 79.9. The number of halogens is 2. The van der Waals surface area contributed by atoms with Crippen LogP contribution >= 0.6 is 15.9 Å². The number of carbonyl (C=O) groups excluding carboxylic acids is 1. The minimum Gasteiger partial charge on any atom is -0.341 e. The van der Waals surface area contributed by atoms with Gasteiger partial charge in [-0.05, 0) is 24.1 Å². The van der Waals surface area contributed by atoms with Crippen LogP contribution in [0.15, 0.2) is 22.7 Å². The summed E-state index contributed by atoms with van der Waals surface area (Å²) in [5.41, 5.74) is 6.12. The maximum absolute atomic E-state index is 13.7. The van der Waals surface area contributed by atoms with E-state index in [0.717, 1.165) is 4.47 Å². The summed E-state index contributed by atoms with van der Waals surface area (Å²) in [5.74, 6) is -0.402. The van der Waals surface area contributed by atoms with Gasteiger partial charge in [-0.25, -0.2) is 4.39 Å². The van der Waals surface area contributed by atoms with Crippen LogP contribution < -0.4 is 5.73 Å². The fourth-order valence-electron chi connectivity index (χ4n) is 1.94. The Morgan fingerprint density at radius 1 is 1.47 bits per heavy atom. The molecule has 1 unspecified atom stereocenters. The van der Waals surface area contributed by atoms with Gasteiger partial charge in [0.05, 0.1) is 5.92 Å². The largest absolute Gasteiger partial charge is 0.341 e. The number of hydrogen-bond acceptors (Lipinski definition) is 2. The average Bonchev–Trinajstić information content (AvgIpc) is 2.34. The second kappa shape index (κ2) is 7.01. The SMILES string of the molecule is CC(C)C(CN)C(=O)N(C)Cc1cc(Br)ccc1F. The Morgan fingerprint density at radius 2 is 2.11 bits per heavy atom. The van der Waals surface area contributed by atoms with Gasteiger partial charge >= 0.3 is 0 Å². The van der Waals surface area contributed by atoms with E-state index in [1.807, 2.05) is 13.8 Å². The van der Waals surface area contributed by atoms with Crippen molar-refractivity contribution in [2.45, 2.75) is 20.4 Å². The van der Waals surface area contributed by atoms with Gasteiger partial charge in [-0.15, -0.1) is 0 Å². The molecule has 1 rings (SSSR count). The lowest BCUT2D eigenvalue weighted by Gasteiger charge is -2.25. The minimum atomic E-state index is -0.309. The molecule has 1 amide bonds. The van der Waals surface area contributed by atoms with Gasteiger partial charge in [0.2, 0.25) is 5.91 Å². The monoisotopic (exact) mass is 330 g/mol. The molecule has 1 aromatic rings. The van der Waals surface area contributed by atoms with Crippen LogP contribution in [0.1, 0.15) is 19.4 Å². The summed E-state index contributed by atoms with van der Waals surface area (Å²) in [6.07, 6.45) is 0. The van der Waals surface area contributed by atoms with Gasteiger partial charge in [-0.1, -0.05) is 29.8 Å². The van der Waals surface area contributed by atoms with Crippen LogP contribution in [0.4, 0.5) is 4.39 Å². The molecule has 5 heteroatoms. The van der Waals surface area contributed by atoms with Gasteiger partial charge in [0.1, 0.15) is 5.82 Å². The van der Waals surface area contributed by atoms with Gasteiger partial charge < -0.3 is 10.6 Å². The first-order chi connectivity index (χ1) is 8.86. The number of amides is 1. The van der Waals surface area contributed by atoms with Gasteiger partial charge in [-0.3, -0.25) is 4.79 Å². The van der Waals surface area contributed by atoms with Crippen LogP contribution in [-0.4, -0.2) is 24.4 Å². The summed E-state index contributed by atoms with van der Waals surface area (Å²) < 4.78 is 14.4. The van der Waals surface area contributed by atoms with Crippen LogP contribution in [0.3, 0.4) is 0 Å². The van der Waals surface area contributed by atoms with Crippen LogP contribution in [-0.2, 0) is 11.3 Å². The summed E-state index contributed by atoms with van der Waals surface area (Å²) in [6, 6.07) is 4.71. The first kappa shape index (κ1) is 16.1. The van der Waals surface area contributed by atoms with E-state index in [4.69, 9.17) is 5.73 Å². The van der Waals surface area contributed by atoms with E-state index in [0.29, 0.717) is 12.1 Å². The molecule has 0 bridgehead atoms. The number of hydrogen-bond donors (Lipinski definition) is 1. The lowest BCUT2D eigenvalue weighted by atomic mass is 9.94. The van der Waals surface area contributed by atoms with Crippen molar-refractivity contribution in [2.75, 3.05) is 13.6 Å². The molecule has 0 saturated heterocycles. The Bertz CT molecular complexity index is 451. The molecule has 106 valence electrons. The van der Waals surface area contributed by atoms with Gasteiger partial charge in [0.25, 0.3) is 0 Å². The normalized spacial score (nSPS) is 12.6. The van der Waals surface area contributed by atoms with Crippen molar-refractivity contribution in [1.82, 2.24) is 4.90 Å². The topological polar surface area (TPSA) is 46.3 Å². The minimum absolute atomic E-state index is 0.0446. The molecule has 0 aliphatic carbocycles. The molecule has 0 saturated carbocycles. The predicted octanol–water partition coefficient (Wildman–Crippen LogP) is 2.78. The van der Waals surface area contributed by atoms with Crippen LogP contribution in [0.25, 0.3) is 0 Å².